The Morgan fingerprint density at radius 1 is 1.04 bits per heavy atom. The number of amides is 1. The smallest absolute Gasteiger partial charge is 0.337 e. The molecule has 1 saturated heterocycles. The van der Waals surface area contributed by atoms with Gasteiger partial charge in [-0.2, -0.15) is 0 Å². The normalized spacial score (nSPS) is 14.7. The summed E-state index contributed by atoms with van der Waals surface area (Å²) in [4.78, 5) is 35.5. The molecule has 3 N–H and O–H groups in total. The van der Waals surface area contributed by atoms with Crippen molar-refractivity contribution in [3.63, 3.8) is 0 Å². The largest absolute Gasteiger partial charge is 0.478 e. The summed E-state index contributed by atoms with van der Waals surface area (Å²) in [5.41, 5.74) is 1.06. The van der Waals surface area contributed by atoms with Crippen LogP contribution in [0.1, 0.15) is 29.6 Å². The molecule has 0 radical (unpaired) electrons. The van der Waals surface area contributed by atoms with Gasteiger partial charge in [-0.05, 0) is 37.5 Å². The zero-order valence-corrected chi connectivity index (χ0v) is 12.5. The molecule has 7 heteroatoms. The third-order valence-corrected chi connectivity index (χ3v) is 3.57. The average Bonchev–Trinajstić information content (AvgIpc) is 2.53. The van der Waals surface area contributed by atoms with E-state index < -0.39 is 17.8 Å². The minimum Gasteiger partial charge on any atom is -0.478 e. The fourth-order valence-electron chi connectivity index (χ4n) is 2.53. The van der Waals surface area contributed by atoms with E-state index >= 15 is 0 Å². The minimum absolute atomic E-state index is 0.118. The third kappa shape index (κ3) is 4.57. The van der Waals surface area contributed by atoms with Gasteiger partial charge < -0.3 is 20.4 Å². The monoisotopic (exact) mass is 318 g/mol. The first kappa shape index (κ1) is 16.5. The van der Waals surface area contributed by atoms with Gasteiger partial charge in [0.05, 0.1) is 11.3 Å². The van der Waals surface area contributed by atoms with E-state index in [1.807, 2.05) is 4.90 Å². The van der Waals surface area contributed by atoms with Gasteiger partial charge >= 0.3 is 11.9 Å². The SMILES string of the molecule is O=C(O)/C=C\C(=O)Nc1ccc(N2CCCCC2)c(C(=O)O)c1. The number of carbonyl (C=O) groups is 3. The summed E-state index contributed by atoms with van der Waals surface area (Å²) in [6, 6.07) is 4.67. The number of aliphatic carboxylic acids is 1. The van der Waals surface area contributed by atoms with Crippen molar-refractivity contribution in [3.8, 4) is 0 Å². The molecule has 0 aliphatic carbocycles. The Morgan fingerprint density at radius 2 is 1.74 bits per heavy atom. The molecule has 1 aliphatic heterocycles. The highest BCUT2D eigenvalue weighted by Crippen LogP contribution is 2.27. The Balaban J connectivity index is 2.20. The van der Waals surface area contributed by atoms with Crippen molar-refractivity contribution in [2.75, 3.05) is 23.3 Å². The molecule has 0 aromatic heterocycles. The van der Waals surface area contributed by atoms with Crippen LogP contribution >= 0.6 is 0 Å². The van der Waals surface area contributed by atoms with Gasteiger partial charge in [-0.15, -0.1) is 0 Å². The van der Waals surface area contributed by atoms with Crippen LogP contribution in [0.25, 0.3) is 0 Å². The molecule has 1 aromatic rings. The topological polar surface area (TPSA) is 107 Å². The number of nitrogens with one attached hydrogen (secondary N) is 1. The Kier molecular flexibility index (Phi) is 5.35. The predicted molar refractivity (Wildman–Crippen MR) is 84.9 cm³/mol. The van der Waals surface area contributed by atoms with E-state index in [0.717, 1.165) is 44.5 Å². The molecule has 122 valence electrons. The second-order valence-electron chi connectivity index (χ2n) is 5.25. The summed E-state index contributed by atoms with van der Waals surface area (Å²) >= 11 is 0. The van der Waals surface area contributed by atoms with Crippen molar-refractivity contribution in [2.45, 2.75) is 19.3 Å². The van der Waals surface area contributed by atoms with Crippen LogP contribution in [-0.2, 0) is 9.59 Å². The molecule has 23 heavy (non-hydrogen) atoms. The maximum absolute atomic E-state index is 11.6. The summed E-state index contributed by atoms with van der Waals surface area (Å²) in [7, 11) is 0. The van der Waals surface area contributed by atoms with Crippen molar-refractivity contribution in [3.05, 3.63) is 35.9 Å². The first-order valence-corrected chi connectivity index (χ1v) is 7.31. The highest BCUT2D eigenvalue weighted by molar-refractivity contribution is 6.03. The molecular formula is C16H18N2O5. The second kappa shape index (κ2) is 7.44. The quantitative estimate of drug-likeness (QED) is 0.716. The first-order valence-electron chi connectivity index (χ1n) is 7.31. The summed E-state index contributed by atoms with van der Waals surface area (Å²) < 4.78 is 0. The van der Waals surface area contributed by atoms with Crippen molar-refractivity contribution < 1.29 is 24.6 Å². The van der Waals surface area contributed by atoms with E-state index in [0.29, 0.717) is 11.4 Å². The number of rotatable bonds is 5. The fourth-order valence-corrected chi connectivity index (χ4v) is 2.53. The molecule has 1 heterocycles. The molecule has 0 spiro atoms. The van der Waals surface area contributed by atoms with Crippen LogP contribution in [0, 0.1) is 0 Å². The molecule has 7 nitrogen and oxygen atoms in total. The number of carbonyl (C=O) groups excluding carboxylic acids is 1. The highest BCUT2D eigenvalue weighted by Gasteiger charge is 2.18. The molecule has 1 aromatic carbocycles. The van der Waals surface area contributed by atoms with Gasteiger partial charge in [0.15, 0.2) is 0 Å². The van der Waals surface area contributed by atoms with Crippen molar-refractivity contribution in [1.82, 2.24) is 0 Å². The second-order valence-corrected chi connectivity index (χ2v) is 5.25. The van der Waals surface area contributed by atoms with Crippen LogP contribution in [-0.4, -0.2) is 41.1 Å². The number of hydrogen-bond donors (Lipinski definition) is 3. The fraction of sp³-hybridized carbons (Fsp3) is 0.312. The Labute approximate surface area is 133 Å². The lowest BCUT2D eigenvalue weighted by atomic mass is 10.1. The van der Waals surface area contributed by atoms with Crippen molar-refractivity contribution >= 4 is 29.2 Å². The van der Waals surface area contributed by atoms with Gasteiger partial charge in [0.2, 0.25) is 5.91 Å². The van der Waals surface area contributed by atoms with Crippen molar-refractivity contribution in [2.24, 2.45) is 0 Å². The van der Waals surface area contributed by atoms with Gasteiger partial charge in [0.1, 0.15) is 0 Å². The lowest BCUT2D eigenvalue weighted by molar-refractivity contribution is -0.131. The van der Waals surface area contributed by atoms with E-state index in [-0.39, 0.29) is 5.56 Å². The molecule has 1 aliphatic rings. The number of carboxylic acid groups (broad SMARTS) is 2. The lowest BCUT2D eigenvalue weighted by Gasteiger charge is -2.30. The maximum atomic E-state index is 11.6. The standard InChI is InChI=1S/C16H18N2O5/c19-14(6-7-15(20)21)17-11-4-5-13(12(10-11)16(22)23)18-8-2-1-3-9-18/h4-7,10H,1-3,8-9H2,(H,17,19)(H,20,21)(H,22,23)/b7-6-. The molecule has 0 bridgehead atoms. The van der Waals surface area contributed by atoms with Crippen LogP contribution in [0.5, 0.6) is 0 Å². The van der Waals surface area contributed by atoms with E-state index in [1.54, 1.807) is 12.1 Å². The number of aromatic carboxylic acids is 1. The van der Waals surface area contributed by atoms with E-state index in [1.165, 1.54) is 6.07 Å². The molecule has 1 amide bonds. The van der Waals surface area contributed by atoms with Gasteiger partial charge in [0, 0.05) is 30.9 Å². The van der Waals surface area contributed by atoms with Gasteiger partial charge in [0.25, 0.3) is 0 Å². The number of nitrogens with zero attached hydrogens (tertiary/aromatic N) is 1. The number of carboxylic acids is 2. The van der Waals surface area contributed by atoms with E-state index in [9.17, 15) is 19.5 Å². The molecule has 0 atom stereocenters. The van der Waals surface area contributed by atoms with Crippen LogP contribution in [0.3, 0.4) is 0 Å². The van der Waals surface area contributed by atoms with Crippen LogP contribution in [0.15, 0.2) is 30.4 Å². The third-order valence-electron chi connectivity index (χ3n) is 3.57. The molecule has 0 unspecified atom stereocenters. The molecule has 1 fully saturated rings. The summed E-state index contributed by atoms with van der Waals surface area (Å²) in [5, 5.41) is 20.3. The van der Waals surface area contributed by atoms with Gasteiger partial charge in [-0.1, -0.05) is 0 Å². The zero-order chi connectivity index (χ0) is 16.8. The van der Waals surface area contributed by atoms with Gasteiger partial charge in [-0.3, -0.25) is 4.79 Å². The van der Waals surface area contributed by atoms with E-state index in [2.05, 4.69) is 5.32 Å². The lowest BCUT2D eigenvalue weighted by Crippen LogP contribution is -2.30. The molecule has 2 rings (SSSR count). The number of benzene rings is 1. The van der Waals surface area contributed by atoms with Crippen LogP contribution in [0.2, 0.25) is 0 Å². The zero-order valence-electron chi connectivity index (χ0n) is 12.5. The summed E-state index contributed by atoms with van der Waals surface area (Å²) in [6.07, 6.45) is 4.79. The first-order chi connectivity index (χ1) is 11.0. The average molecular weight is 318 g/mol. The summed E-state index contributed by atoms with van der Waals surface area (Å²) in [5.74, 6) is -2.93. The minimum atomic E-state index is -1.23. The number of anilines is 2. The van der Waals surface area contributed by atoms with E-state index in [4.69, 9.17) is 5.11 Å². The predicted octanol–water partition coefficient (Wildman–Crippen LogP) is 1.95. The maximum Gasteiger partial charge on any atom is 0.337 e. The Morgan fingerprint density at radius 3 is 2.35 bits per heavy atom. The van der Waals surface area contributed by atoms with Gasteiger partial charge in [-0.25, -0.2) is 9.59 Å². The summed E-state index contributed by atoms with van der Waals surface area (Å²) in [6.45, 7) is 1.63. The molecular weight excluding hydrogens is 300 g/mol. The van der Waals surface area contributed by atoms with Crippen LogP contribution < -0.4 is 10.2 Å². The van der Waals surface area contributed by atoms with Crippen LogP contribution in [0.4, 0.5) is 11.4 Å². The number of hydrogen-bond acceptors (Lipinski definition) is 4. The molecule has 0 saturated carbocycles. The van der Waals surface area contributed by atoms with Crippen molar-refractivity contribution in [1.29, 1.82) is 0 Å². The Hall–Kier alpha value is -2.83. The highest BCUT2D eigenvalue weighted by atomic mass is 16.4. The Bertz CT molecular complexity index is 648. The number of piperidine rings is 1.